The molecule has 2 heterocycles. The van der Waals surface area contributed by atoms with E-state index in [4.69, 9.17) is 23.2 Å². The number of rotatable bonds is 4. The topological polar surface area (TPSA) is 70.7 Å². The van der Waals surface area contributed by atoms with Crippen molar-refractivity contribution < 1.29 is 4.79 Å². The van der Waals surface area contributed by atoms with Crippen molar-refractivity contribution in [2.75, 3.05) is 6.54 Å². The maximum absolute atomic E-state index is 12.0. The van der Waals surface area contributed by atoms with Crippen molar-refractivity contribution in [1.82, 2.24) is 20.3 Å². The lowest BCUT2D eigenvalue weighted by Gasteiger charge is -2.05. The number of H-pyrrole nitrogens is 1. The number of hydrogen-bond acceptors (Lipinski definition) is 3. The van der Waals surface area contributed by atoms with Crippen LogP contribution in [0.3, 0.4) is 0 Å². The highest BCUT2D eigenvalue weighted by atomic mass is 35.5. The van der Waals surface area contributed by atoms with Crippen LogP contribution in [0.25, 0.3) is 11.0 Å². The molecule has 112 valence electrons. The first-order valence-corrected chi connectivity index (χ1v) is 7.43. The number of nitrogens with one attached hydrogen (secondary N) is 2. The molecule has 0 saturated carbocycles. The van der Waals surface area contributed by atoms with Gasteiger partial charge in [0.2, 0.25) is 0 Å². The Morgan fingerprint density at radius 2 is 1.95 bits per heavy atom. The summed E-state index contributed by atoms with van der Waals surface area (Å²) in [4.78, 5) is 23.6. The number of halogens is 2. The number of amides is 1. The zero-order valence-electron chi connectivity index (χ0n) is 11.4. The molecule has 0 fully saturated rings. The summed E-state index contributed by atoms with van der Waals surface area (Å²) < 4.78 is 0. The number of imidazole rings is 1. The van der Waals surface area contributed by atoms with Crippen molar-refractivity contribution in [2.24, 2.45) is 0 Å². The molecule has 2 aromatic heterocycles. The van der Waals surface area contributed by atoms with Crippen molar-refractivity contribution in [3.63, 3.8) is 0 Å². The van der Waals surface area contributed by atoms with Crippen molar-refractivity contribution in [1.29, 1.82) is 0 Å². The van der Waals surface area contributed by atoms with E-state index in [-0.39, 0.29) is 21.8 Å². The smallest absolute Gasteiger partial charge is 0.271 e. The third kappa shape index (κ3) is 3.21. The maximum atomic E-state index is 12.0. The molecule has 0 aliphatic carbocycles. The van der Waals surface area contributed by atoms with E-state index in [2.05, 4.69) is 20.3 Å². The number of pyridine rings is 1. The van der Waals surface area contributed by atoms with E-state index >= 15 is 0 Å². The number of para-hydroxylation sites is 2. The van der Waals surface area contributed by atoms with E-state index in [9.17, 15) is 4.79 Å². The van der Waals surface area contributed by atoms with E-state index in [1.807, 2.05) is 24.3 Å². The molecule has 22 heavy (non-hydrogen) atoms. The Labute approximate surface area is 136 Å². The van der Waals surface area contributed by atoms with Crippen LogP contribution in [0.1, 0.15) is 16.3 Å². The molecule has 1 amide bonds. The molecular weight excluding hydrogens is 323 g/mol. The Morgan fingerprint density at radius 1 is 1.14 bits per heavy atom. The lowest BCUT2D eigenvalue weighted by atomic mass is 10.3. The highest BCUT2D eigenvalue weighted by Crippen LogP contribution is 2.16. The van der Waals surface area contributed by atoms with E-state index in [0.29, 0.717) is 13.0 Å². The van der Waals surface area contributed by atoms with Gasteiger partial charge in [-0.15, -0.1) is 0 Å². The molecule has 0 unspecified atom stereocenters. The molecule has 7 heteroatoms. The van der Waals surface area contributed by atoms with Crippen LogP contribution < -0.4 is 5.32 Å². The fraction of sp³-hybridized carbons (Fsp3) is 0.133. The highest BCUT2D eigenvalue weighted by molar-refractivity contribution is 6.34. The van der Waals surface area contributed by atoms with Crippen molar-refractivity contribution in [3.8, 4) is 0 Å². The van der Waals surface area contributed by atoms with Crippen LogP contribution in [0.5, 0.6) is 0 Å². The Morgan fingerprint density at radius 3 is 2.77 bits per heavy atom. The Kier molecular flexibility index (Phi) is 4.27. The Balaban J connectivity index is 1.62. The van der Waals surface area contributed by atoms with Gasteiger partial charge in [-0.2, -0.15) is 0 Å². The summed E-state index contributed by atoms with van der Waals surface area (Å²) in [6.45, 7) is 0.420. The number of hydrogen-bond donors (Lipinski definition) is 2. The highest BCUT2D eigenvalue weighted by Gasteiger charge is 2.12. The lowest BCUT2D eigenvalue weighted by molar-refractivity contribution is 0.0949. The Bertz CT molecular complexity index is 798. The van der Waals surface area contributed by atoms with Crippen LogP contribution >= 0.6 is 23.2 Å². The van der Waals surface area contributed by atoms with Gasteiger partial charge in [0.1, 0.15) is 16.7 Å². The first-order chi connectivity index (χ1) is 10.6. The molecule has 2 N–H and O–H groups in total. The monoisotopic (exact) mass is 334 g/mol. The molecular formula is C15H12Cl2N4O. The SMILES string of the molecule is O=C(NCCc1nc2ccccc2[nH]1)c1nc(Cl)ccc1Cl. The molecule has 0 saturated heterocycles. The number of benzene rings is 1. The van der Waals surface area contributed by atoms with Crippen LogP contribution in [0, 0.1) is 0 Å². The zero-order chi connectivity index (χ0) is 15.5. The first kappa shape index (κ1) is 14.8. The predicted molar refractivity (Wildman–Crippen MR) is 86.4 cm³/mol. The minimum absolute atomic E-state index is 0.124. The van der Waals surface area contributed by atoms with Crippen molar-refractivity contribution >= 4 is 40.1 Å². The van der Waals surface area contributed by atoms with Gasteiger partial charge in [-0.1, -0.05) is 35.3 Å². The van der Waals surface area contributed by atoms with Crippen LogP contribution in [0.2, 0.25) is 10.2 Å². The second-order valence-corrected chi connectivity index (χ2v) is 5.47. The minimum Gasteiger partial charge on any atom is -0.350 e. The first-order valence-electron chi connectivity index (χ1n) is 6.67. The largest absolute Gasteiger partial charge is 0.350 e. The second kappa shape index (κ2) is 6.34. The summed E-state index contributed by atoms with van der Waals surface area (Å²) >= 11 is 11.7. The molecule has 0 atom stereocenters. The van der Waals surface area contributed by atoms with E-state index < -0.39 is 0 Å². The van der Waals surface area contributed by atoms with Crippen molar-refractivity contribution in [3.05, 3.63) is 58.1 Å². The molecule has 0 aliphatic rings. The van der Waals surface area contributed by atoms with Crippen LogP contribution in [0.4, 0.5) is 0 Å². The Hall–Kier alpha value is -2.11. The number of carbonyl (C=O) groups is 1. The van der Waals surface area contributed by atoms with E-state index in [1.165, 1.54) is 6.07 Å². The summed E-state index contributed by atoms with van der Waals surface area (Å²) in [5.41, 5.74) is 2.01. The van der Waals surface area contributed by atoms with E-state index in [1.54, 1.807) is 6.07 Å². The zero-order valence-corrected chi connectivity index (χ0v) is 12.9. The molecule has 3 rings (SSSR count). The average molecular weight is 335 g/mol. The molecule has 0 spiro atoms. The van der Waals surface area contributed by atoms with Gasteiger partial charge in [0.05, 0.1) is 16.1 Å². The standard InChI is InChI=1S/C15H12Cl2N4O/c16-9-5-6-12(17)21-14(9)15(22)18-8-7-13-19-10-3-1-2-4-11(10)20-13/h1-6H,7-8H2,(H,18,22)(H,19,20). The molecule has 3 aromatic rings. The van der Waals surface area contributed by atoms with Crippen LogP contribution in [-0.2, 0) is 6.42 Å². The molecule has 1 aromatic carbocycles. The van der Waals surface area contributed by atoms with Crippen LogP contribution in [-0.4, -0.2) is 27.4 Å². The van der Waals surface area contributed by atoms with Gasteiger partial charge in [0.25, 0.3) is 5.91 Å². The summed E-state index contributed by atoms with van der Waals surface area (Å²) in [5.74, 6) is 0.454. The summed E-state index contributed by atoms with van der Waals surface area (Å²) in [7, 11) is 0. The predicted octanol–water partition coefficient (Wildman–Crippen LogP) is 3.24. The number of nitrogens with zero attached hydrogens (tertiary/aromatic N) is 2. The normalized spacial score (nSPS) is 10.8. The quantitative estimate of drug-likeness (QED) is 0.719. The summed E-state index contributed by atoms with van der Waals surface area (Å²) in [5, 5.41) is 3.25. The fourth-order valence-corrected chi connectivity index (χ4v) is 2.42. The third-order valence-electron chi connectivity index (χ3n) is 3.11. The van der Waals surface area contributed by atoms with Crippen LogP contribution in [0.15, 0.2) is 36.4 Å². The maximum Gasteiger partial charge on any atom is 0.271 e. The number of aromatic nitrogens is 3. The van der Waals surface area contributed by atoms with Gasteiger partial charge in [-0.05, 0) is 24.3 Å². The third-order valence-corrected chi connectivity index (χ3v) is 3.63. The number of aromatic amines is 1. The van der Waals surface area contributed by atoms with Gasteiger partial charge in [0.15, 0.2) is 0 Å². The van der Waals surface area contributed by atoms with Gasteiger partial charge < -0.3 is 10.3 Å². The molecule has 0 bridgehead atoms. The van der Waals surface area contributed by atoms with Gasteiger partial charge in [-0.3, -0.25) is 4.79 Å². The molecule has 5 nitrogen and oxygen atoms in total. The fourth-order valence-electron chi connectivity index (χ4n) is 2.08. The summed E-state index contributed by atoms with van der Waals surface area (Å²) in [6, 6.07) is 10.9. The van der Waals surface area contributed by atoms with Crippen molar-refractivity contribution in [2.45, 2.75) is 6.42 Å². The molecule has 0 aliphatic heterocycles. The number of fused-ring (bicyclic) bond motifs is 1. The van der Waals surface area contributed by atoms with Gasteiger partial charge >= 0.3 is 0 Å². The number of carbonyl (C=O) groups excluding carboxylic acids is 1. The lowest BCUT2D eigenvalue weighted by Crippen LogP contribution is -2.27. The van der Waals surface area contributed by atoms with Gasteiger partial charge in [-0.25, -0.2) is 9.97 Å². The molecule has 0 radical (unpaired) electrons. The summed E-state index contributed by atoms with van der Waals surface area (Å²) in [6.07, 6.45) is 0.582. The van der Waals surface area contributed by atoms with Gasteiger partial charge in [0, 0.05) is 13.0 Å². The van der Waals surface area contributed by atoms with E-state index in [0.717, 1.165) is 16.9 Å². The average Bonchev–Trinajstić information content (AvgIpc) is 2.92. The minimum atomic E-state index is -0.358. The second-order valence-electron chi connectivity index (χ2n) is 4.67.